The van der Waals surface area contributed by atoms with Gasteiger partial charge in [0.05, 0.1) is 11.6 Å². The minimum atomic E-state index is -4.40. The lowest BCUT2D eigenvalue weighted by Crippen LogP contribution is -2.10. The molecule has 2 aromatic carbocycles. The second-order valence-electron chi connectivity index (χ2n) is 6.21. The number of alkyl halides is 3. The predicted octanol–water partition coefficient (Wildman–Crippen LogP) is 4.64. The summed E-state index contributed by atoms with van der Waals surface area (Å²) in [4.78, 5) is 8.31. The van der Waals surface area contributed by atoms with Crippen LogP contribution < -0.4 is 0 Å². The Balaban J connectivity index is 1.50. The molecule has 1 atom stereocenters. The SMILES string of the molecule is FC(F)(F)c1ccc(C2=N[C@H](Cc3ccc4ccccc4c3)CO2)nc1. The van der Waals surface area contributed by atoms with Gasteiger partial charge in [-0.1, -0.05) is 42.5 Å². The number of hydrogen-bond acceptors (Lipinski definition) is 3. The number of pyridine rings is 1. The van der Waals surface area contributed by atoms with E-state index in [1.54, 1.807) is 0 Å². The largest absolute Gasteiger partial charge is 0.474 e. The van der Waals surface area contributed by atoms with E-state index in [-0.39, 0.29) is 6.04 Å². The molecule has 26 heavy (non-hydrogen) atoms. The summed E-state index contributed by atoms with van der Waals surface area (Å²) in [6, 6.07) is 16.6. The van der Waals surface area contributed by atoms with Gasteiger partial charge in [-0.3, -0.25) is 4.98 Å². The molecule has 0 aliphatic carbocycles. The van der Waals surface area contributed by atoms with Crippen molar-refractivity contribution in [1.29, 1.82) is 0 Å². The predicted molar refractivity (Wildman–Crippen MR) is 93.2 cm³/mol. The molecule has 0 spiro atoms. The number of fused-ring (bicyclic) bond motifs is 1. The quantitative estimate of drug-likeness (QED) is 0.685. The van der Waals surface area contributed by atoms with Gasteiger partial charge >= 0.3 is 6.18 Å². The van der Waals surface area contributed by atoms with Crippen LogP contribution in [0.5, 0.6) is 0 Å². The molecule has 0 saturated carbocycles. The highest BCUT2D eigenvalue weighted by atomic mass is 19.4. The van der Waals surface area contributed by atoms with Crippen molar-refractivity contribution in [1.82, 2.24) is 4.98 Å². The van der Waals surface area contributed by atoms with Crippen LogP contribution in [0.1, 0.15) is 16.8 Å². The summed E-state index contributed by atoms with van der Waals surface area (Å²) in [7, 11) is 0. The van der Waals surface area contributed by atoms with Gasteiger partial charge in [0.15, 0.2) is 0 Å². The molecule has 132 valence electrons. The van der Waals surface area contributed by atoms with Crippen LogP contribution >= 0.6 is 0 Å². The van der Waals surface area contributed by atoms with Crippen molar-refractivity contribution in [3.8, 4) is 0 Å². The van der Waals surface area contributed by atoms with E-state index >= 15 is 0 Å². The molecule has 6 heteroatoms. The Labute approximate surface area is 148 Å². The van der Waals surface area contributed by atoms with Gasteiger partial charge in [-0.15, -0.1) is 0 Å². The molecule has 1 aromatic heterocycles. The molecule has 0 bridgehead atoms. The first-order chi connectivity index (χ1) is 12.5. The fraction of sp³-hybridized carbons (Fsp3) is 0.200. The monoisotopic (exact) mass is 356 g/mol. The number of benzene rings is 2. The number of aliphatic imine (C=N–C) groups is 1. The summed E-state index contributed by atoms with van der Waals surface area (Å²) in [6.45, 7) is 0.394. The number of aromatic nitrogens is 1. The number of nitrogens with zero attached hydrogens (tertiary/aromatic N) is 2. The Morgan fingerprint density at radius 2 is 1.81 bits per heavy atom. The maximum Gasteiger partial charge on any atom is 0.417 e. The maximum atomic E-state index is 12.6. The highest BCUT2D eigenvalue weighted by Crippen LogP contribution is 2.28. The first kappa shape index (κ1) is 16.6. The van der Waals surface area contributed by atoms with Crippen molar-refractivity contribution in [3.63, 3.8) is 0 Å². The Bertz CT molecular complexity index is 965. The molecule has 0 N–H and O–H groups in total. The first-order valence-electron chi connectivity index (χ1n) is 8.21. The Morgan fingerprint density at radius 3 is 2.54 bits per heavy atom. The van der Waals surface area contributed by atoms with E-state index in [0.29, 0.717) is 24.6 Å². The van der Waals surface area contributed by atoms with E-state index in [1.165, 1.54) is 11.5 Å². The lowest BCUT2D eigenvalue weighted by atomic mass is 10.0. The minimum absolute atomic E-state index is 0.0738. The molecular formula is C20H15F3N2O. The average Bonchev–Trinajstić information content (AvgIpc) is 3.09. The molecule has 1 aliphatic rings. The Morgan fingerprint density at radius 1 is 1.00 bits per heavy atom. The molecular weight excluding hydrogens is 341 g/mol. The third kappa shape index (κ3) is 3.40. The van der Waals surface area contributed by atoms with Gasteiger partial charge in [-0.2, -0.15) is 13.2 Å². The summed E-state index contributed by atoms with van der Waals surface area (Å²) < 4.78 is 43.4. The van der Waals surface area contributed by atoms with Crippen LogP contribution in [0.15, 0.2) is 65.8 Å². The van der Waals surface area contributed by atoms with Crippen LogP contribution in [0.25, 0.3) is 10.8 Å². The van der Waals surface area contributed by atoms with Crippen LogP contribution in [-0.2, 0) is 17.3 Å². The van der Waals surface area contributed by atoms with E-state index in [0.717, 1.165) is 23.2 Å². The van der Waals surface area contributed by atoms with Crippen LogP contribution in [0.3, 0.4) is 0 Å². The molecule has 4 rings (SSSR count). The van der Waals surface area contributed by atoms with Gasteiger partial charge in [0, 0.05) is 6.20 Å². The van der Waals surface area contributed by atoms with Crippen LogP contribution in [0.4, 0.5) is 13.2 Å². The van der Waals surface area contributed by atoms with Gasteiger partial charge in [0.25, 0.3) is 0 Å². The standard InChI is InChI=1S/C20H15F3N2O/c21-20(22,23)16-7-8-18(24-11-16)19-25-17(12-26-19)10-13-5-6-14-3-1-2-4-15(14)9-13/h1-9,11,17H,10,12H2/t17-/m1/s1. The zero-order valence-electron chi connectivity index (χ0n) is 13.7. The Hall–Kier alpha value is -2.89. The highest BCUT2D eigenvalue weighted by Gasteiger charge is 2.31. The number of ether oxygens (including phenoxy) is 1. The topological polar surface area (TPSA) is 34.5 Å². The van der Waals surface area contributed by atoms with Gasteiger partial charge in [0.2, 0.25) is 5.90 Å². The van der Waals surface area contributed by atoms with Crippen molar-refractivity contribution in [2.75, 3.05) is 6.61 Å². The summed E-state index contributed by atoms with van der Waals surface area (Å²) >= 11 is 0. The molecule has 3 aromatic rings. The lowest BCUT2D eigenvalue weighted by molar-refractivity contribution is -0.137. The minimum Gasteiger partial charge on any atom is -0.474 e. The lowest BCUT2D eigenvalue weighted by Gasteiger charge is -2.06. The van der Waals surface area contributed by atoms with Crippen molar-refractivity contribution in [2.45, 2.75) is 18.6 Å². The molecule has 3 nitrogen and oxygen atoms in total. The molecule has 0 radical (unpaired) electrons. The van der Waals surface area contributed by atoms with Gasteiger partial charge in [-0.05, 0) is 34.9 Å². The normalized spacial score (nSPS) is 17.2. The smallest absolute Gasteiger partial charge is 0.417 e. The van der Waals surface area contributed by atoms with E-state index in [2.05, 4.69) is 40.3 Å². The molecule has 0 fully saturated rings. The van der Waals surface area contributed by atoms with Crippen LogP contribution in [-0.4, -0.2) is 23.5 Å². The fourth-order valence-corrected chi connectivity index (χ4v) is 2.99. The molecule has 0 saturated heterocycles. The molecule has 0 amide bonds. The summed E-state index contributed by atoms with van der Waals surface area (Å²) in [6.07, 6.45) is -2.89. The van der Waals surface area contributed by atoms with E-state index in [1.807, 2.05) is 12.1 Å². The third-order valence-electron chi connectivity index (χ3n) is 4.31. The van der Waals surface area contributed by atoms with Gasteiger partial charge in [-0.25, -0.2) is 4.99 Å². The molecule has 1 aliphatic heterocycles. The van der Waals surface area contributed by atoms with E-state index in [4.69, 9.17) is 4.74 Å². The zero-order valence-corrected chi connectivity index (χ0v) is 13.7. The van der Waals surface area contributed by atoms with Crippen molar-refractivity contribution >= 4 is 16.7 Å². The summed E-state index contributed by atoms with van der Waals surface area (Å²) in [5.41, 5.74) is 0.675. The molecule has 2 heterocycles. The second kappa shape index (κ2) is 6.44. The highest BCUT2D eigenvalue weighted by molar-refractivity contribution is 5.93. The van der Waals surface area contributed by atoms with Crippen LogP contribution in [0, 0.1) is 0 Å². The number of rotatable bonds is 3. The number of hydrogen-bond donors (Lipinski definition) is 0. The second-order valence-corrected chi connectivity index (χ2v) is 6.21. The number of halogens is 3. The fourth-order valence-electron chi connectivity index (χ4n) is 2.99. The zero-order chi connectivity index (χ0) is 18.1. The first-order valence-corrected chi connectivity index (χ1v) is 8.21. The average molecular weight is 356 g/mol. The molecule has 0 unspecified atom stereocenters. The van der Waals surface area contributed by atoms with Crippen molar-refractivity contribution < 1.29 is 17.9 Å². The van der Waals surface area contributed by atoms with Crippen molar-refractivity contribution in [3.05, 3.63) is 77.6 Å². The maximum absolute atomic E-state index is 12.6. The van der Waals surface area contributed by atoms with Crippen molar-refractivity contribution in [2.24, 2.45) is 4.99 Å². The van der Waals surface area contributed by atoms with Gasteiger partial charge < -0.3 is 4.74 Å². The third-order valence-corrected chi connectivity index (χ3v) is 4.31. The summed E-state index contributed by atoms with van der Waals surface area (Å²) in [5.74, 6) is 0.296. The van der Waals surface area contributed by atoms with E-state index in [9.17, 15) is 13.2 Å². The van der Waals surface area contributed by atoms with E-state index < -0.39 is 11.7 Å². The Kier molecular flexibility index (Phi) is 4.11. The van der Waals surface area contributed by atoms with Crippen LogP contribution in [0.2, 0.25) is 0 Å². The van der Waals surface area contributed by atoms with Gasteiger partial charge in [0.1, 0.15) is 12.3 Å². The summed E-state index contributed by atoms with van der Waals surface area (Å²) in [5, 5.41) is 2.34.